The first-order chi connectivity index (χ1) is 11.3. The molecule has 0 bridgehead atoms. The van der Waals surface area contributed by atoms with Gasteiger partial charge in [0.05, 0.1) is 12.6 Å². The van der Waals surface area contributed by atoms with Crippen LogP contribution in [0.2, 0.25) is 0 Å². The molecule has 2 aromatic carbocycles. The van der Waals surface area contributed by atoms with E-state index in [0.29, 0.717) is 6.54 Å². The third kappa shape index (κ3) is 3.43. The molecule has 0 aliphatic heterocycles. The van der Waals surface area contributed by atoms with Gasteiger partial charge in [-0.2, -0.15) is 0 Å². The summed E-state index contributed by atoms with van der Waals surface area (Å²) in [4.78, 5) is 4.65. The number of nitrogens with one attached hydrogen (secondary N) is 1. The molecule has 0 spiro atoms. The maximum absolute atomic E-state index is 5.93. The van der Waals surface area contributed by atoms with Crippen LogP contribution in [0.4, 0.5) is 5.82 Å². The van der Waals surface area contributed by atoms with Gasteiger partial charge in [-0.3, -0.25) is 0 Å². The fourth-order valence-corrected chi connectivity index (χ4v) is 2.69. The molecule has 0 saturated heterocycles. The van der Waals surface area contributed by atoms with Gasteiger partial charge in [0.2, 0.25) is 0 Å². The van der Waals surface area contributed by atoms with Crippen LogP contribution in [-0.2, 0) is 0 Å². The van der Waals surface area contributed by atoms with E-state index in [1.54, 1.807) is 7.11 Å². The van der Waals surface area contributed by atoms with E-state index in [2.05, 4.69) is 22.4 Å². The van der Waals surface area contributed by atoms with E-state index in [-0.39, 0.29) is 5.92 Å². The summed E-state index contributed by atoms with van der Waals surface area (Å²) in [5, 5.41) is 4.40. The van der Waals surface area contributed by atoms with Crippen molar-refractivity contribution in [2.24, 2.45) is 5.73 Å². The Labute approximate surface area is 136 Å². The lowest BCUT2D eigenvalue weighted by Crippen LogP contribution is -2.21. The van der Waals surface area contributed by atoms with Crippen molar-refractivity contribution in [1.29, 1.82) is 0 Å². The summed E-state index contributed by atoms with van der Waals surface area (Å²) in [6.07, 6.45) is 0. The highest BCUT2D eigenvalue weighted by atomic mass is 16.5. The van der Waals surface area contributed by atoms with Crippen LogP contribution in [0.15, 0.2) is 60.7 Å². The number of methoxy groups -OCH3 is 1. The van der Waals surface area contributed by atoms with Gasteiger partial charge in [0, 0.05) is 30.5 Å². The van der Waals surface area contributed by atoms with Gasteiger partial charge in [-0.1, -0.05) is 42.5 Å². The number of fused-ring (bicyclic) bond motifs is 1. The van der Waals surface area contributed by atoms with E-state index in [4.69, 9.17) is 10.5 Å². The van der Waals surface area contributed by atoms with Gasteiger partial charge in [-0.25, -0.2) is 4.98 Å². The Morgan fingerprint density at radius 2 is 1.83 bits per heavy atom. The molecule has 1 heterocycles. The van der Waals surface area contributed by atoms with E-state index in [1.165, 1.54) is 5.56 Å². The predicted octanol–water partition coefficient (Wildman–Crippen LogP) is 3.40. The van der Waals surface area contributed by atoms with E-state index in [9.17, 15) is 0 Å². The van der Waals surface area contributed by atoms with Crippen LogP contribution in [0.3, 0.4) is 0 Å². The summed E-state index contributed by atoms with van der Waals surface area (Å²) < 4.78 is 5.48. The van der Waals surface area contributed by atoms with Crippen LogP contribution >= 0.6 is 0 Å². The molecule has 0 amide bonds. The number of rotatable bonds is 6. The molecule has 3 N–H and O–H groups in total. The zero-order chi connectivity index (χ0) is 16.1. The number of hydrogen-bond acceptors (Lipinski definition) is 4. The summed E-state index contributed by atoms with van der Waals surface area (Å²) in [6, 6.07) is 20.2. The fraction of sp³-hybridized carbons (Fsp3) is 0.211. The van der Waals surface area contributed by atoms with E-state index >= 15 is 0 Å². The number of para-hydroxylation sites is 1. The van der Waals surface area contributed by atoms with Crippen LogP contribution in [-0.4, -0.2) is 25.2 Å². The molecule has 3 rings (SSSR count). The lowest BCUT2D eigenvalue weighted by Gasteiger charge is -2.17. The van der Waals surface area contributed by atoms with Crippen LogP contribution in [0.1, 0.15) is 11.5 Å². The largest absolute Gasteiger partial charge is 0.496 e. The molecule has 4 nitrogen and oxygen atoms in total. The van der Waals surface area contributed by atoms with Gasteiger partial charge in [0.15, 0.2) is 0 Å². The SMILES string of the molecule is COc1cc(NCC(CN)c2ccccc2)nc2ccccc12. The van der Waals surface area contributed by atoms with Crippen LogP contribution in [0, 0.1) is 0 Å². The molecule has 1 atom stereocenters. The average molecular weight is 307 g/mol. The molecule has 0 radical (unpaired) electrons. The monoisotopic (exact) mass is 307 g/mol. The predicted molar refractivity (Wildman–Crippen MR) is 95.0 cm³/mol. The second-order valence-corrected chi connectivity index (χ2v) is 5.45. The van der Waals surface area contributed by atoms with Crippen molar-refractivity contribution >= 4 is 16.7 Å². The number of anilines is 1. The second-order valence-electron chi connectivity index (χ2n) is 5.45. The van der Waals surface area contributed by atoms with Crippen molar-refractivity contribution in [3.63, 3.8) is 0 Å². The fourth-order valence-electron chi connectivity index (χ4n) is 2.69. The van der Waals surface area contributed by atoms with Crippen molar-refractivity contribution in [3.05, 3.63) is 66.2 Å². The summed E-state index contributed by atoms with van der Waals surface area (Å²) in [6.45, 7) is 1.32. The Kier molecular flexibility index (Phi) is 4.74. The third-order valence-electron chi connectivity index (χ3n) is 3.98. The molecule has 118 valence electrons. The second kappa shape index (κ2) is 7.11. The van der Waals surface area contributed by atoms with Gasteiger partial charge >= 0.3 is 0 Å². The molecule has 0 aliphatic rings. The van der Waals surface area contributed by atoms with Gasteiger partial charge in [-0.15, -0.1) is 0 Å². The minimum atomic E-state index is 0.246. The topological polar surface area (TPSA) is 60.2 Å². The Morgan fingerprint density at radius 3 is 2.57 bits per heavy atom. The minimum Gasteiger partial charge on any atom is -0.496 e. The number of ether oxygens (including phenoxy) is 1. The molecule has 4 heteroatoms. The molecule has 3 aromatic rings. The third-order valence-corrected chi connectivity index (χ3v) is 3.98. The quantitative estimate of drug-likeness (QED) is 0.733. The zero-order valence-corrected chi connectivity index (χ0v) is 13.2. The van der Waals surface area contributed by atoms with Crippen LogP contribution in [0.25, 0.3) is 10.9 Å². The number of aromatic nitrogens is 1. The van der Waals surface area contributed by atoms with E-state index in [1.807, 2.05) is 48.5 Å². The molecule has 23 heavy (non-hydrogen) atoms. The highest BCUT2D eigenvalue weighted by Crippen LogP contribution is 2.27. The minimum absolute atomic E-state index is 0.246. The highest BCUT2D eigenvalue weighted by Gasteiger charge is 2.11. The van der Waals surface area contributed by atoms with Crippen molar-refractivity contribution in [2.75, 3.05) is 25.5 Å². The summed E-state index contributed by atoms with van der Waals surface area (Å²) in [7, 11) is 1.68. The number of hydrogen-bond donors (Lipinski definition) is 2. The summed E-state index contributed by atoms with van der Waals surface area (Å²) >= 11 is 0. The lowest BCUT2D eigenvalue weighted by atomic mass is 9.99. The first-order valence-electron chi connectivity index (χ1n) is 7.74. The summed E-state index contributed by atoms with van der Waals surface area (Å²) in [5.41, 5.74) is 8.08. The van der Waals surface area contributed by atoms with E-state index < -0.39 is 0 Å². The Morgan fingerprint density at radius 1 is 1.09 bits per heavy atom. The molecule has 0 saturated carbocycles. The van der Waals surface area contributed by atoms with Crippen molar-refractivity contribution in [3.8, 4) is 5.75 Å². The Hall–Kier alpha value is -2.59. The van der Waals surface area contributed by atoms with Crippen molar-refractivity contribution in [1.82, 2.24) is 4.98 Å². The first kappa shape index (κ1) is 15.3. The standard InChI is InChI=1S/C19H21N3O/c1-23-18-11-19(22-17-10-6-5-9-16(17)18)21-13-15(12-20)14-7-3-2-4-8-14/h2-11,15H,12-13,20H2,1H3,(H,21,22). The average Bonchev–Trinajstić information content (AvgIpc) is 2.62. The maximum atomic E-state index is 5.93. The highest BCUT2D eigenvalue weighted by molar-refractivity contribution is 5.86. The van der Waals surface area contributed by atoms with Crippen LogP contribution < -0.4 is 15.8 Å². The number of benzene rings is 2. The van der Waals surface area contributed by atoms with Gasteiger partial charge in [0.1, 0.15) is 11.6 Å². The van der Waals surface area contributed by atoms with E-state index in [0.717, 1.165) is 29.0 Å². The molecule has 0 fully saturated rings. The molecule has 1 unspecified atom stereocenters. The molecule has 1 aromatic heterocycles. The number of nitrogens with zero attached hydrogens (tertiary/aromatic N) is 1. The first-order valence-corrected chi connectivity index (χ1v) is 7.74. The Balaban J connectivity index is 1.81. The maximum Gasteiger partial charge on any atom is 0.131 e. The molecular formula is C19H21N3O. The zero-order valence-electron chi connectivity index (χ0n) is 13.2. The lowest BCUT2D eigenvalue weighted by molar-refractivity contribution is 0.419. The molecule has 0 aliphatic carbocycles. The van der Waals surface area contributed by atoms with Crippen molar-refractivity contribution < 1.29 is 4.74 Å². The van der Waals surface area contributed by atoms with Crippen LogP contribution in [0.5, 0.6) is 5.75 Å². The van der Waals surface area contributed by atoms with Gasteiger partial charge < -0.3 is 15.8 Å². The number of nitrogens with two attached hydrogens (primary N) is 1. The van der Waals surface area contributed by atoms with Gasteiger partial charge in [-0.05, 0) is 17.7 Å². The normalized spacial score (nSPS) is 12.1. The van der Waals surface area contributed by atoms with Crippen molar-refractivity contribution in [2.45, 2.75) is 5.92 Å². The Bertz CT molecular complexity index is 774. The van der Waals surface area contributed by atoms with Gasteiger partial charge in [0.25, 0.3) is 0 Å². The number of pyridine rings is 1. The molecular weight excluding hydrogens is 286 g/mol. The smallest absolute Gasteiger partial charge is 0.131 e. The summed E-state index contributed by atoms with van der Waals surface area (Å²) in [5.74, 6) is 1.87.